The number of anilines is 2. The van der Waals surface area contributed by atoms with Crippen LogP contribution in [0.1, 0.15) is 43.0 Å². The number of amides is 1. The number of methoxy groups -OCH3 is 1. The highest BCUT2D eigenvalue weighted by atomic mass is 19.1. The lowest BCUT2D eigenvalue weighted by atomic mass is 9.85. The fourth-order valence-corrected chi connectivity index (χ4v) is 5.32. The predicted molar refractivity (Wildman–Crippen MR) is 166 cm³/mol. The maximum Gasteiger partial charge on any atom is 0.417 e. The van der Waals surface area contributed by atoms with Crippen LogP contribution in [0.15, 0.2) is 78.9 Å². The highest BCUT2D eigenvalue weighted by Gasteiger charge is 2.27. The minimum atomic E-state index is -0.678. The van der Waals surface area contributed by atoms with Gasteiger partial charge in [-0.2, -0.15) is 5.26 Å². The van der Waals surface area contributed by atoms with E-state index in [-0.39, 0.29) is 23.7 Å². The molecule has 5 rings (SSSR count). The van der Waals surface area contributed by atoms with Gasteiger partial charge in [-0.1, -0.05) is 18.2 Å². The molecule has 0 saturated heterocycles. The SMILES string of the molecule is COc1cc(OC(=O)Nc2ccc(C#N)cc2)ccc1-c1ccc2c(c1COc1cc(F)ccc1C)C(C)=CC(C)(C)N2. The fraction of sp³-hybridized carbons (Fsp3) is 0.200. The summed E-state index contributed by atoms with van der Waals surface area (Å²) in [5.41, 5.74) is 7.21. The highest BCUT2D eigenvalue weighted by Crippen LogP contribution is 2.43. The van der Waals surface area contributed by atoms with Gasteiger partial charge in [0.1, 0.15) is 29.7 Å². The molecule has 0 saturated carbocycles. The minimum absolute atomic E-state index is 0.185. The zero-order valence-corrected chi connectivity index (χ0v) is 24.7. The van der Waals surface area contributed by atoms with Crippen molar-refractivity contribution >= 4 is 23.0 Å². The summed E-state index contributed by atoms with van der Waals surface area (Å²) in [7, 11) is 1.55. The largest absolute Gasteiger partial charge is 0.496 e. The Morgan fingerprint density at radius 2 is 1.72 bits per heavy atom. The zero-order chi connectivity index (χ0) is 30.7. The first-order valence-corrected chi connectivity index (χ1v) is 13.8. The van der Waals surface area contributed by atoms with Gasteiger partial charge in [-0.15, -0.1) is 0 Å². The minimum Gasteiger partial charge on any atom is -0.496 e. The van der Waals surface area contributed by atoms with Crippen molar-refractivity contribution in [2.75, 3.05) is 17.7 Å². The maximum absolute atomic E-state index is 14.1. The number of benzene rings is 4. The standard InChI is InChI=1S/C35H32FN3O4/c1-21-6-9-24(36)16-31(21)42-20-29-27(14-15-30-33(29)22(2)18-35(3,4)39-30)28-13-12-26(17-32(28)41-5)43-34(40)38-25-10-7-23(19-37)8-11-25/h6-18,39H,20H2,1-5H3,(H,38,40). The molecule has 1 aliphatic rings. The number of rotatable bonds is 7. The summed E-state index contributed by atoms with van der Waals surface area (Å²) in [6.45, 7) is 8.36. The van der Waals surface area contributed by atoms with Crippen LogP contribution >= 0.6 is 0 Å². The number of hydrogen-bond acceptors (Lipinski definition) is 6. The van der Waals surface area contributed by atoms with Crippen LogP contribution in [0.4, 0.5) is 20.6 Å². The third-order valence-corrected chi connectivity index (χ3v) is 7.20. The van der Waals surface area contributed by atoms with E-state index in [2.05, 4.69) is 37.5 Å². The molecule has 0 fully saturated rings. The van der Waals surface area contributed by atoms with Gasteiger partial charge < -0.3 is 19.5 Å². The molecule has 0 spiro atoms. The van der Waals surface area contributed by atoms with Crippen molar-refractivity contribution in [3.05, 3.63) is 107 Å². The second kappa shape index (κ2) is 11.9. The molecule has 1 heterocycles. The molecule has 1 amide bonds. The Morgan fingerprint density at radius 1 is 0.977 bits per heavy atom. The van der Waals surface area contributed by atoms with Gasteiger partial charge in [-0.05, 0) is 92.9 Å². The molecule has 0 aromatic heterocycles. The third-order valence-electron chi connectivity index (χ3n) is 7.20. The van der Waals surface area contributed by atoms with Gasteiger partial charge in [0.15, 0.2) is 0 Å². The molecule has 43 heavy (non-hydrogen) atoms. The monoisotopic (exact) mass is 577 g/mol. The fourth-order valence-electron chi connectivity index (χ4n) is 5.32. The van der Waals surface area contributed by atoms with Crippen molar-refractivity contribution in [3.8, 4) is 34.4 Å². The molecule has 1 aliphatic heterocycles. The number of ether oxygens (including phenoxy) is 3. The van der Waals surface area contributed by atoms with E-state index in [0.29, 0.717) is 22.7 Å². The first-order valence-electron chi connectivity index (χ1n) is 13.8. The van der Waals surface area contributed by atoms with Crippen LogP contribution in [0.5, 0.6) is 17.2 Å². The van der Waals surface area contributed by atoms with Crippen molar-refractivity contribution in [2.24, 2.45) is 0 Å². The van der Waals surface area contributed by atoms with Crippen LogP contribution in [0.25, 0.3) is 16.7 Å². The number of carbonyl (C=O) groups excluding carboxylic acids is 1. The normalized spacial score (nSPS) is 13.1. The van der Waals surface area contributed by atoms with Gasteiger partial charge in [-0.25, -0.2) is 9.18 Å². The second-order valence-corrected chi connectivity index (χ2v) is 11.0. The molecule has 0 aliphatic carbocycles. The number of fused-ring (bicyclic) bond motifs is 1. The molecule has 4 aromatic carbocycles. The van der Waals surface area contributed by atoms with Crippen molar-refractivity contribution in [2.45, 2.75) is 39.8 Å². The van der Waals surface area contributed by atoms with Crippen molar-refractivity contribution < 1.29 is 23.4 Å². The van der Waals surface area contributed by atoms with E-state index in [1.165, 1.54) is 12.1 Å². The van der Waals surface area contributed by atoms with Crippen LogP contribution in [-0.4, -0.2) is 18.7 Å². The number of aryl methyl sites for hydroxylation is 1. The lowest BCUT2D eigenvalue weighted by Crippen LogP contribution is -2.32. The molecule has 2 N–H and O–H groups in total. The molecule has 0 bridgehead atoms. The van der Waals surface area contributed by atoms with Crippen LogP contribution in [0, 0.1) is 24.1 Å². The van der Waals surface area contributed by atoms with E-state index < -0.39 is 6.09 Å². The van der Waals surface area contributed by atoms with Gasteiger partial charge in [-0.3, -0.25) is 5.32 Å². The molecule has 0 unspecified atom stereocenters. The van der Waals surface area contributed by atoms with Crippen LogP contribution in [0.3, 0.4) is 0 Å². The average molecular weight is 578 g/mol. The summed E-state index contributed by atoms with van der Waals surface area (Å²) < 4.78 is 31.6. The Kier molecular flexibility index (Phi) is 8.09. The number of nitriles is 1. The lowest BCUT2D eigenvalue weighted by molar-refractivity contribution is 0.215. The third kappa shape index (κ3) is 6.47. The number of allylic oxidation sites excluding steroid dienone is 1. The van der Waals surface area contributed by atoms with E-state index in [0.717, 1.165) is 39.1 Å². The van der Waals surface area contributed by atoms with E-state index in [9.17, 15) is 9.18 Å². The molecule has 0 atom stereocenters. The quantitative estimate of drug-likeness (QED) is 0.229. The van der Waals surface area contributed by atoms with Gasteiger partial charge in [0.05, 0.1) is 24.3 Å². The highest BCUT2D eigenvalue weighted by molar-refractivity contribution is 5.89. The van der Waals surface area contributed by atoms with Crippen LogP contribution in [-0.2, 0) is 6.61 Å². The Labute approximate surface area is 250 Å². The Morgan fingerprint density at radius 3 is 2.44 bits per heavy atom. The Hall–Kier alpha value is -5.29. The molecule has 0 radical (unpaired) electrons. The summed E-state index contributed by atoms with van der Waals surface area (Å²) in [4.78, 5) is 12.6. The Balaban J connectivity index is 1.49. The summed E-state index contributed by atoms with van der Waals surface area (Å²) >= 11 is 0. The summed E-state index contributed by atoms with van der Waals surface area (Å²) in [5.74, 6) is 0.893. The lowest BCUT2D eigenvalue weighted by Gasteiger charge is -2.33. The summed E-state index contributed by atoms with van der Waals surface area (Å²) in [6.07, 6.45) is 1.50. The molecule has 8 heteroatoms. The summed E-state index contributed by atoms with van der Waals surface area (Å²) in [6, 6.07) is 22.2. The molecule has 4 aromatic rings. The second-order valence-electron chi connectivity index (χ2n) is 11.0. The summed E-state index contributed by atoms with van der Waals surface area (Å²) in [5, 5.41) is 15.2. The average Bonchev–Trinajstić information content (AvgIpc) is 2.97. The number of hydrogen-bond donors (Lipinski definition) is 2. The van der Waals surface area contributed by atoms with Crippen molar-refractivity contribution in [1.82, 2.24) is 0 Å². The van der Waals surface area contributed by atoms with E-state index in [4.69, 9.17) is 19.5 Å². The molecule has 218 valence electrons. The van der Waals surface area contributed by atoms with E-state index in [1.807, 2.05) is 31.2 Å². The van der Waals surface area contributed by atoms with E-state index in [1.54, 1.807) is 49.6 Å². The van der Waals surface area contributed by atoms with Gasteiger partial charge >= 0.3 is 6.09 Å². The van der Waals surface area contributed by atoms with Gasteiger partial charge in [0.25, 0.3) is 0 Å². The molecular formula is C35H32FN3O4. The van der Waals surface area contributed by atoms with E-state index >= 15 is 0 Å². The first-order chi connectivity index (χ1) is 20.6. The van der Waals surface area contributed by atoms with Crippen LogP contribution < -0.4 is 24.8 Å². The zero-order valence-electron chi connectivity index (χ0n) is 24.7. The van der Waals surface area contributed by atoms with Crippen molar-refractivity contribution in [1.29, 1.82) is 5.26 Å². The molecular weight excluding hydrogens is 545 g/mol. The number of nitrogens with one attached hydrogen (secondary N) is 2. The number of carbonyl (C=O) groups is 1. The molecule has 7 nitrogen and oxygen atoms in total. The van der Waals surface area contributed by atoms with Gasteiger partial charge in [0.2, 0.25) is 0 Å². The smallest absolute Gasteiger partial charge is 0.417 e. The maximum atomic E-state index is 14.1. The number of halogens is 1. The number of nitrogens with zero attached hydrogens (tertiary/aromatic N) is 1. The van der Waals surface area contributed by atoms with Crippen molar-refractivity contribution in [3.63, 3.8) is 0 Å². The first kappa shape index (κ1) is 29.2. The Bertz CT molecular complexity index is 1770. The topological polar surface area (TPSA) is 92.6 Å². The van der Waals surface area contributed by atoms with Crippen LogP contribution in [0.2, 0.25) is 0 Å². The predicted octanol–water partition coefficient (Wildman–Crippen LogP) is 8.48. The van der Waals surface area contributed by atoms with Gasteiger partial charge in [0, 0.05) is 40.2 Å².